The molecule has 50 heavy (non-hydrogen) atoms. The Balaban J connectivity index is 1.30. The van der Waals surface area contributed by atoms with Crippen LogP contribution in [0.4, 0.5) is 4.79 Å². The Labute approximate surface area is 298 Å². The molecule has 0 bridgehead atoms. The van der Waals surface area contributed by atoms with Gasteiger partial charge in [-0.3, -0.25) is 9.69 Å². The number of fused-ring (bicyclic) bond motifs is 1. The van der Waals surface area contributed by atoms with Crippen molar-refractivity contribution in [2.45, 2.75) is 71.5 Å². The van der Waals surface area contributed by atoms with Crippen molar-refractivity contribution in [3.8, 4) is 23.0 Å². The molecule has 2 N–H and O–H groups in total. The number of amides is 2. The maximum Gasteiger partial charge on any atom is 0.410 e. The summed E-state index contributed by atoms with van der Waals surface area (Å²) in [7, 11) is 0. The Morgan fingerprint density at radius 2 is 1.40 bits per heavy atom. The monoisotopic (exact) mass is 698 g/mol. The van der Waals surface area contributed by atoms with Gasteiger partial charge in [0.15, 0.2) is 0 Å². The summed E-state index contributed by atoms with van der Waals surface area (Å²) in [6, 6.07) is 25.2. The van der Waals surface area contributed by atoms with Crippen molar-refractivity contribution in [2.24, 2.45) is 5.92 Å². The number of rotatable bonds is 11. The Kier molecular flexibility index (Phi) is 11.4. The first-order chi connectivity index (χ1) is 23.7. The maximum atomic E-state index is 13.8. The molecule has 262 valence electrons. The summed E-state index contributed by atoms with van der Waals surface area (Å²) in [5.41, 5.74) is 3.57. The molecule has 5 rings (SSSR count). The maximum absolute atomic E-state index is 13.8. The number of nitrogens with one attached hydrogen (secondary N) is 1. The molecule has 0 aromatic heterocycles. The molecular weight excluding hydrogens is 656 g/mol. The zero-order chi connectivity index (χ0) is 36.0. The third-order valence-electron chi connectivity index (χ3n) is 8.37. The second-order valence-corrected chi connectivity index (χ2v) is 14.4. The molecule has 10 heteroatoms. The Hall–Kier alpha value is -5.02. The molecule has 1 aliphatic rings. The van der Waals surface area contributed by atoms with E-state index >= 15 is 0 Å². The normalized spacial score (nSPS) is 14.8. The molecule has 2 atom stereocenters. The third-order valence-corrected chi connectivity index (χ3v) is 8.62. The van der Waals surface area contributed by atoms with E-state index in [1.54, 1.807) is 48.5 Å². The average molecular weight is 699 g/mol. The molecule has 0 aliphatic carbocycles. The molecule has 0 unspecified atom stereocenters. The van der Waals surface area contributed by atoms with E-state index in [-0.39, 0.29) is 37.3 Å². The van der Waals surface area contributed by atoms with Crippen molar-refractivity contribution < 1.29 is 33.7 Å². The topological polar surface area (TPSA) is 114 Å². The minimum Gasteiger partial charge on any atom is -0.480 e. The van der Waals surface area contributed by atoms with Gasteiger partial charge in [0, 0.05) is 17.9 Å². The quantitative estimate of drug-likeness (QED) is 0.161. The molecule has 2 amide bonds. The molecule has 9 nitrogen and oxygen atoms in total. The number of hydrogen-bond acceptors (Lipinski definition) is 6. The van der Waals surface area contributed by atoms with Crippen molar-refractivity contribution in [3.63, 3.8) is 0 Å². The summed E-state index contributed by atoms with van der Waals surface area (Å²) < 4.78 is 17.5. The number of carboxylic acid groups (broad SMARTS) is 1. The van der Waals surface area contributed by atoms with E-state index in [4.69, 9.17) is 25.8 Å². The van der Waals surface area contributed by atoms with Gasteiger partial charge in [-0.2, -0.15) is 0 Å². The van der Waals surface area contributed by atoms with Gasteiger partial charge < -0.3 is 24.6 Å². The molecule has 1 heterocycles. The lowest BCUT2D eigenvalue weighted by molar-refractivity contribution is -0.142. The van der Waals surface area contributed by atoms with Crippen molar-refractivity contribution >= 4 is 29.6 Å². The lowest BCUT2D eigenvalue weighted by Crippen LogP contribution is -2.56. The van der Waals surface area contributed by atoms with Gasteiger partial charge in [0.2, 0.25) is 5.91 Å². The highest BCUT2D eigenvalue weighted by molar-refractivity contribution is 6.30. The number of halogens is 1. The van der Waals surface area contributed by atoms with Crippen molar-refractivity contribution in [1.29, 1.82) is 0 Å². The summed E-state index contributed by atoms with van der Waals surface area (Å²) >= 11 is 5.95. The van der Waals surface area contributed by atoms with Crippen LogP contribution in [0.5, 0.6) is 23.0 Å². The predicted octanol–water partition coefficient (Wildman–Crippen LogP) is 8.55. The molecule has 1 aliphatic heterocycles. The first-order valence-electron chi connectivity index (χ1n) is 16.6. The van der Waals surface area contributed by atoms with Crippen LogP contribution in [0, 0.1) is 5.92 Å². The first-order valence-corrected chi connectivity index (χ1v) is 17.0. The van der Waals surface area contributed by atoms with Crippen LogP contribution in [-0.2, 0) is 39.1 Å². The number of benzene rings is 4. The van der Waals surface area contributed by atoms with Crippen molar-refractivity contribution in [3.05, 3.63) is 118 Å². The van der Waals surface area contributed by atoms with Crippen molar-refractivity contribution in [2.75, 3.05) is 6.61 Å². The molecule has 0 spiro atoms. The molecule has 4 aromatic carbocycles. The Bertz CT molecular complexity index is 1800. The first kappa shape index (κ1) is 36.3. The average Bonchev–Trinajstić information content (AvgIpc) is 3.07. The standard InChI is InChI=1S/C40H43ClN2O7/c1-25(2)24-48-39(47)43-23-28-21-34(50-32-16-9-29(10-17-32)40(3,4)5)15-8-27(28)22-36(43)37(44)42-35(38(45)46)20-26-6-13-31(14-7-26)49-33-18-11-30(41)12-19-33/h6-19,21,25,35-36H,20,22-24H2,1-5H3,(H,42,44)(H,45,46)/t35-,36-/m0/s1. The van der Waals surface area contributed by atoms with Gasteiger partial charge >= 0.3 is 12.1 Å². The van der Waals surface area contributed by atoms with E-state index in [1.807, 2.05) is 56.3 Å². The minimum absolute atomic E-state index is 0.0191. The minimum atomic E-state index is -1.24. The van der Waals surface area contributed by atoms with E-state index in [2.05, 4.69) is 26.1 Å². The predicted molar refractivity (Wildman–Crippen MR) is 192 cm³/mol. The van der Waals surface area contributed by atoms with E-state index in [0.29, 0.717) is 33.6 Å². The highest BCUT2D eigenvalue weighted by atomic mass is 35.5. The Morgan fingerprint density at radius 3 is 1.98 bits per heavy atom. The summed E-state index contributed by atoms with van der Waals surface area (Å²) in [4.78, 5) is 40.8. The molecule has 0 saturated carbocycles. The fourth-order valence-corrected chi connectivity index (χ4v) is 5.69. The van der Waals surface area contributed by atoms with Crippen LogP contribution >= 0.6 is 11.6 Å². The van der Waals surface area contributed by atoms with Gasteiger partial charge in [-0.1, -0.05) is 76.6 Å². The van der Waals surface area contributed by atoms with E-state index < -0.39 is 30.1 Å². The second-order valence-electron chi connectivity index (χ2n) is 13.9. The molecule has 4 aromatic rings. The number of aliphatic carboxylic acids is 1. The van der Waals surface area contributed by atoms with Crippen LogP contribution in [0.1, 0.15) is 56.9 Å². The van der Waals surface area contributed by atoms with Crippen LogP contribution < -0.4 is 14.8 Å². The van der Waals surface area contributed by atoms with Gasteiger partial charge in [0.1, 0.15) is 35.1 Å². The lowest BCUT2D eigenvalue weighted by atomic mass is 9.87. The summed E-state index contributed by atoms with van der Waals surface area (Å²) in [6.07, 6.45) is -0.431. The number of ether oxygens (including phenoxy) is 3. The highest BCUT2D eigenvalue weighted by Crippen LogP contribution is 2.32. The zero-order valence-corrected chi connectivity index (χ0v) is 29.7. The van der Waals surface area contributed by atoms with E-state index in [0.717, 1.165) is 11.1 Å². The zero-order valence-electron chi connectivity index (χ0n) is 28.9. The summed E-state index contributed by atoms with van der Waals surface area (Å²) in [5.74, 6) is 0.776. The van der Waals surface area contributed by atoms with E-state index in [1.165, 1.54) is 10.5 Å². The lowest BCUT2D eigenvalue weighted by Gasteiger charge is -2.36. The fourth-order valence-electron chi connectivity index (χ4n) is 5.57. The van der Waals surface area contributed by atoms with Gasteiger partial charge in [0.05, 0.1) is 13.2 Å². The Morgan fingerprint density at radius 1 is 0.840 bits per heavy atom. The molecule has 0 radical (unpaired) electrons. The molecule has 0 fully saturated rings. The van der Waals surface area contributed by atoms with Crippen LogP contribution in [-0.4, -0.2) is 46.7 Å². The van der Waals surface area contributed by atoms with Gasteiger partial charge in [0.25, 0.3) is 0 Å². The highest BCUT2D eigenvalue weighted by Gasteiger charge is 2.37. The smallest absolute Gasteiger partial charge is 0.410 e. The van der Waals surface area contributed by atoms with Crippen LogP contribution in [0.15, 0.2) is 91.0 Å². The van der Waals surface area contributed by atoms with Gasteiger partial charge in [-0.05, 0) is 94.3 Å². The van der Waals surface area contributed by atoms with Crippen LogP contribution in [0.25, 0.3) is 0 Å². The number of hydrogen-bond donors (Lipinski definition) is 2. The SMILES string of the molecule is CC(C)COC(=O)N1Cc2cc(Oc3ccc(C(C)(C)C)cc3)ccc2C[C@H]1C(=O)N[C@@H](Cc1ccc(Oc2ccc(Cl)cc2)cc1)C(=O)O. The largest absolute Gasteiger partial charge is 0.480 e. The van der Waals surface area contributed by atoms with Crippen molar-refractivity contribution in [1.82, 2.24) is 10.2 Å². The molecule has 0 saturated heterocycles. The fraction of sp³-hybridized carbons (Fsp3) is 0.325. The number of carbonyl (C=O) groups excluding carboxylic acids is 2. The van der Waals surface area contributed by atoms with Gasteiger partial charge in [-0.15, -0.1) is 0 Å². The van der Waals surface area contributed by atoms with Gasteiger partial charge in [-0.25, -0.2) is 9.59 Å². The second kappa shape index (κ2) is 15.7. The molecular formula is C40H43ClN2O7. The number of nitrogens with zero attached hydrogens (tertiary/aromatic N) is 1. The van der Waals surface area contributed by atoms with Crippen LogP contribution in [0.2, 0.25) is 5.02 Å². The summed E-state index contributed by atoms with van der Waals surface area (Å²) in [6.45, 7) is 10.6. The van der Waals surface area contributed by atoms with Crippen LogP contribution in [0.3, 0.4) is 0 Å². The number of carbonyl (C=O) groups is 3. The van der Waals surface area contributed by atoms with E-state index in [9.17, 15) is 19.5 Å². The third kappa shape index (κ3) is 9.57. The number of carboxylic acids is 1. The summed E-state index contributed by atoms with van der Waals surface area (Å²) in [5, 5.41) is 13.3.